The number of halogens is 5. The molecule has 0 atom stereocenters. The quantitative estimate of drug-likeness (QED) is 0.0741. The molecule has 0 aliphatic rings. The number of aromatic nitrogens is 2. The second kappa shape index (κ2) is 11.2. The van der Waals surface area contributed by atoms with E-state index in [9.17, 15) is 4.79 Å². The van der Waals surface area contributed by atoms with Gasteiger partial charge in [-0.1, -0.05) is 53.6 Å². The van der Waals surface area contributed by atoms with Gasteiger partial charge in [0.25, 0.3) is 5.56 Å². The van der Waals surface area contributed by atoms with Crippen molar-refractivity contribution < 1.29 is 0 Å². The molecule has 0 radical (unpaired) electrons. The molecule has 4 aromatic rings. The summed E-state index contributed by atoms with van der Waals surface area (Å²) in [6, 6.07) is 15.0. The van der Waals surface area contributed by atoms with Crippen molar-refractivity contribution in [1.29, 1.82) is 0 Å². The van der Waals surface area contributed by atoms with Gasteiger partial charge >= 0.3 is 0 Å². The first kappa shape index (κ1) is 26.4. The van der Waals surface area contributed by atoms with Crippen LogP contribution in [0.25, 0.3) is 22.0 Å². The molecule has 6 nitrogen and oxygen atoms in total. The van der Waals surface area contributed by atoms with Crippen LogP contribution in [0.15, 0.2) is 76.3 Å². The summed E-state index contributed by atoms with van der Waals surface area (Å²) in [6.45, 7) is 2.01. The Bertz CT molecular complexity index is 1540. The summed E-state index contributed by atoms with van der Waals surface area (Å²) in [5.41, 5.74) is 8.47. The maximum atomic E-state index is 13.5. The third-order valence-corrected chi connectivity index (χ3v) is 10.1. The molecule has 0 amide bonds. The number of hydrogen-bond acceptors (Lipinski definition) is 4. The summed E-state index contributed by atoms with van der Waals surface area (Å²) >= 11 is 25.5. The minimum absolute atomic E-state index is 0.0883. The van der Waals surface area contributed by atoms with E-state index in [2.05, 4.69) is 84.8 Å². The summed E-state index contributed by atoms with van der Waals surface area (Å²) < 4.78 is 2.72. The van der Waals surface area contributed by atoms with Gasteiger partial charge < -0.3 is 0 Å². The Hall–Kier alpha value is -1.63. The molecule has 0 saturated carbocycles. The standard InChI is InChI=1S/C23H14Br4ClN5OS/c1-11-2-6-13(7-3-11)21-15-16(18(25)20(27)19(26)17(15)24)22(34)33(31-21)32-23(35)30-29-10-12-4-8-14(28)9-5-12/h2-10H,1H3,(H2,30,32,35)/b29-10+. The lowest BCUT2D eigenvalue weighted by Gasteiger charge is -2.16. The van der Waals surface area contributed by atoms with Gasteiger partial charge in [-0.25, -0.2) is 5.43 Å². The Morgan fingerprint density at radius 2 is 1.57 bits per heavy atom. The van der Waals surface area contributed by atoms with Crippen molar-refractivity contribution in [2.24, 2.45) is 5.10 Å². The van der Waals surface area contributed by atoms with Gasteiger partial charge in [-0.05, 0) is 101 Å². The van der Waals surface area contributed by atoms with Crippen LogP contribution in [0, 0.1) is 6.92 Å². The zero-order valence-corrected chi connectivity index (χ0v) is 25.7. The number of rotatable bonds is 4. The molecule has 0 spiro atoms. The van der Waals surface area contributed by atoms with Gasteiger partial charge in [0.2, 0.25) is 5.11 Å². The van der Waals surface area contributed by atoms with Crippen molar-refractivity contribution >= 4 is 110 Å². The van der Waals surface area contributed by atoms with Crippen LogP contribution in [0.2, 0.25) is 5.02 Å². The molecule has 178 valence electrons. The van der Waals surface area contributed by atoms with Gasteiger partial charge in [0.1, 0.15) is 5.69 Å². The van der Waals surface area contributed by atoms with Gasteiger partial charge in [-0.2, -0.15) is 5.10 Å². The average Bonchev–Trinajstić information content (AvgIpc) is 2.84. The number of nitrogens with one attached hydrogen (secondary N) is 2. The fourth-order valence-electron chi connectivity index (χ4n) is 3.18. The monoisotopic (exact) mass is 759 g/mol. The summed E-state index contributed by atoms with van der Waals surface area (Å²) in [4.78, 5) is 14.6. The number of hydrogen-bond donors (Lipinski definition) is 2. The molecule has 12 heteroatoms. The third-order valence-electron chi connectivity index (χ3n) is 4.89. The minimum atomic E-state index is -0.400. The number of fused-ring (bicyclic) bond motifs is 1. The lowest BCUT2D eigenvalue weighted by molar-refractivity contribution is 0.758. The van der Waals surface area contributed by atoms with Crippen molar-refractivity contribution in [3.05, 3.63) is 92.9 Å². The van der Waals surface area contributed by atoms with E-state index in [0.717, 1.165) is 26.0 Å². The smallest absolute Gasteiger partial charge is 0.265 e. The van der Waals surface area contributed by atoms with Crippen molar-refractivity contribution in [2.45, 2.75) is 6.92 Å². The fraction of sp³-hybridized carbons (Fsp3) is 0.0435. The van der Waals surface area contributed by atoms with Crippen LogP contribution in [0.4, 0.5) is 0 Å². The predicted molar refractivity (Wildman–Crippen MR) is 161 cm³/mol. The second-order valence-corrected chi connectivity index (χ2v) is 11.3. The Kier molecular flexibility index (Phi) is 8.45. The number of aryl methyl sites for hydroxylation is 1. The van der Waals surface area contributed by atoms with Crippen LogP contribution in [-0.2, 0) is 0 Å². The van der Waals surface area contributed by atoms with Gasteiger partial charge in [0, 0.05) is 33.9 Å². The molecule has 1 heterocycles. The van der Waals surface area contributed by atoms with Gasteiger partial charge in [0.05, 0.1) is 11.6 Å². The molecule has 3 aromatic carbocycles. The van der Waals surface area contributed by atoms with Crippen LogP contribution < -0.4 is 16.4 Å². The molecular formula is C23H14Br4ClN5OS. The fourth-order valence-corrected chi connectivity index (χ4v) is 5.92. The highest BCUT2D eigenvalue weighted by atomic mass is 79.9. The second-order valence-electron chi connectivity index (χ2n) is 7.30. The first-order valence-electron chi connectivity index (χ1n) is 9.89. The zero-order chi connectivity index (χ0) is 25.3. The van der Waals surface area contributed by atoms with Crippen LogP contribution >= 0.6 is 87.5 Å². The molecule has 1 aromatic heterocycles. The van der Waals surface area contributed by atoms with E-state index in [0.29, 0.717) is 34.9 Å². The molecule has 0 unspecified atom stereocenters. The normalized spacial score (nSPS) is 11.3. The van der Waals surface area contributed by atoms with E-state index in [1.807, 2.05) is 43.3 Å². The first-order valence-corrected chi connectivity index (χ1v) is 13.8. The van der Waals surface area contributed by atoms with E-state index in [4.69, 9.17) is 23.8 Å². The number of nitrogens with zero attached hydrogens (tertiary/aromatic N) is 3. The number of hydrazone groups is 1. The van der Waals surface area contributed by atoms with E-state index in [-0.39, 0.29) is 5.11 Å². The molecule has 0 fully saturated rings. The molecule has 35 heavy (non-hydrogen) atoms. The lowest BCUT2D eigenvalue weighted by Crippen LogP contribution is -2.39. The van der Waals surface area contributed by atoms with Gasteiger partial charge in [-0.15, -0.1) is 9.89 Å². The highest BCUT2D eigenvalue weighted by Crippen LogP contribution is 2.44. The maximum Gasteiger partial charge on any atom is 0.295 e. The van der Waals surface area contributed by atoms with Crippen molar-refractivity contribution in [2.75, 3.05) is 5.43 Å². The Morgan fingerprint density at radius 3 is 2.20 bits per heavy atom. The SMILES string of the molecule is Cc1ccc(-c2nn(NC(=S)N/N=C/c3ccc(Cl)cc3)c(=O)c3c(Br)c(Br)c(Br)c(Br)c23)cc1. The third kappa shape index (κ3) is 5.70. The Labute approximate surface area is 244 Å². The van der Waals surface area contributed by atoms with Gasteiger partial charge in [0.15, 0.2) is 0 Å². The van der Waals surface area contributed by atoms with E-state index in [1.54, 1.807) is 18.3 Å². The lowest BCUT2D eigenvalue weighted by atomic mass is 10.0. The molecule has 0 aliphatic carbocycles. The average molecular weight is 764 g/mol. The van der Waals surface area contributed by atoms with E-state index in [1.165, 1.54) is 0 Å². The zero-order valence-electron chi connectivity index (χ0n) is 17.7. The van der Waals surface area contributed by atoms with Crippen molar-refractivity contribution in [1.82, 2.24) is 15.3 Å². The topological polar surface area (TPSA) is 71.3 Å². The molecule has 0 bridgehead atoms. The van der Waals surface area contributed by atoms with E-state index >= 15 is 0 Å². The molecule has 4 rings (SSSR count). The Balaban J connectivity index is 1.77. The summed E-state index contributed by atoms with van der Waals surface area (Å²) in [5, 5.41) is 10.5. The van der Waals surface area contributed by atoms with Crippen molar-refractivity contribution in [3.8, 4) is 11.3 Å². The number of thiocarbonyl (C=S) groups is 1. The number of benzene rings is 3. The van der Waals surface area contributed by atoms with Crippen LogP contribution in [0.1, 0.15) is 11.1 Å². The summed E-state index contributed by atoms with van der Waals surface area (Å²) in [5.74, 6) is 0. The van der Waals surface area contributed by atoms with Crippen LogP contribution in [0.5, 0.6) is 0 Å². The maximum absolute atomic E-state index is 13.5. The van der Waals surface area contributed by atoms with Crippen LogP contribution in [-0.4, -0.2) is 21.2 Å². The minimum Gasteiger partial charge on any atom is -0.265 e. The largest absolute Gasteiger partial charge is 0.295 e. The van der Waals surface area contributed by atoms with E-state index < -0.39 is 5.56 Å². The molecule has 2 N–H and O–H groups in total. The molecule has 0 saturated heterocycles. The molecule has 0 aliphatic heterocycles. The Morgan fingerprint density at radius 1 is 0.971 bits per heavy atom. The predicted octanol–water partition coefficient (Wildman–Crippen LogP) is 7.53. The van der Waals surface area contributed by atoms with Crippen molar-refractivity contribution in [3.63, 3.8) is 0 Å². The summed E-state index contributed by atoms with van der Waals surface area (Å²) in [7, 11) is 0. The van der Waals surface area contributed by atoms with Gasteiger partial charge in [-0.3, -0.25) is 10.2 Å². The highest BCUT2D eigenvalue weighted by Gasteiger charge is 2.22. The summed E-state index contributed by atoms with van der Waals surface area (Å²) in [6.07, 6.45) is 1.58. The van der Waals surface area contributed by atoms with Crippen LogP contribution in [0.3, 0.4) is 0 Å². The first-order chi connectivity index (χ1) is 16.7. The highest BCUT2D eigenvalue weighted by molar-refractivity contribution is 9.15. The molecular weight excluding hydrogens is 749 g/mol.